The molecule has 0 saturated carbocycles. The van der Waals surface area contributed by atoms with Gasteiger partial charge in [0.25, 0.3) is 0 Å². The van der Waals surface area contributed by atoms with E-state index < -0.39 is 72.9 Å². The minimum absolute atomic E-state index is 0.0111. The molecule has 1 heterocycles. The number of hydrogen-bond acceptors (Lipinski definition) is 6. The normalized spacial score (nSPS) is 12.9. The molecule has 0 amide bonds. The third kappa shape index (κ3) is 7.38. The Bertz CT molecular complexity index is 1210. The van der Waals surface area contributed by atoms with Gasteiger partial charge in [0, 0.05) is 18.8 Å². The predicted molar refractivity (Wildman–Crippen MR) is 110 cm³/mol. The summed E-state index contributed by atoms with van der Waals surface area (Å²) in [5.41, 5.74) is -0.0111. The zero-order valence-electron chi connectivity index (χ0n) is 18.3. The second kappa shape index (κ2) is 11.1. The van der Waals surface area contributed by atoms with E-state index in [4.69, 9.17) is 4.74 Å². The number of aromatic nitrogens is 2. The summed E-state index contributed by atoms with van der Waals surface area (Å²) < 4.78 is 127. The van der Waals surface area contributed by atoms with Crippen LogP contribution in [0.4, 0.5) is 45.5 Å². The number of nitrogens with zero attached hydrogens (tertiary/aromatic N) is 3. The van der Waals surface area contributed by atoms with E-state index in [1.807, 2.05) is 0 Å². The first-order valence-corrected chi connectivity index (χ1v) is 10.1. The summed E-state index contributed by atoms with van der Waals surface area (Å²) in [4.78, 5) is 8.42. The Morgan fingerprint density at radius 1 is 0.973 bits per heavy atom. The second-order valence-corrected chi connectivity index (χ2v) is 7.40. The molecule has 2 aromatic carbocycles. The van der Waals surface area contributed by atoms with Gasteiger partial charge >= 0.3 is 18.7 Å². The fourth-order valence-electron chi connectivity index (χ4n) is 2.88. The quantitative estimate of drug-likeness (QED) is 0.332. The van der Waals surface area contributed by atoms with Crippen LogP contribution < -0.4 is 14.4 Å². The van der Waals surface area contributed by atoms with Gasteiger partial charge in [0.1, 0.15) is 5.75 Å². The molecule has 3 aromatic rings. The molecule has 0 aliphatic rings. The van der Waals surface area contributed by atoms with Crippen LogP contribution in [-0.4, -0.2) is 46.4 Å². The maximum Gasteiger partial charge on any atom is 0.461 e. The van der Waals surface area contributed by atoms with Crippen LogP contribution in [0.5, 0.6) is 17.4 Å². The average molecular weight is 541 g/mol. The van der Waals surface area contributed by atoms with E-state index >= 15 is 0 Å². The van der Waals surface area contributed by atoms with Crippen molar-refractivity contribution in [1.82, 2.24) is 9.97 Å². The van der Waals surface area contributed by atoms with E-state index in [-0.39, 0.29) is 5.56 Å². The van der Waals surface area contributed by atoms with Gasteiger partial charge in [-0.25, -0.2) is 9.37 Å². The Hall–Kier alpha value is -3.75. The van der Waals surface area contributed by atoms with Gasteiger partial charge in [0.2, 0.25) is 17.6 Å². The molecule has 0 aliphatic heterocycles. The lowest BCUT2D eigenvalue weighted by atomic mass is 10.2. The van der Waals surface area contributed by atoms with E-state index in [1.165, 1.54) is 6.07 Å². The zero-order valence-corrected chi connectivity index (χ0v) is 18.3. The number of halogens is 9. The molecule has 1 unspecified atom stereocenters. The minimum atomic E-state index is -5.07. The van der Waals surface area contributed by atoms with Gasteiger partial charge in [0.05, 0.1) is 6.54 Å². The topological polar surface area (TPSA) is 67.7 Å². The van der Waals surface area contributed by atoms with Crippen LogP contribution in [0.25, 0.3) is 0 Å². The van der Waals surface area contributed by atoms with Gasteiger partial charge in [-0.1, -0.05) is 18.2 Å². The van der Waals surface area contributed by atoms with Crippen LogP contribution in [0.3, 0.4) is 0 Å². The predicted octanol–water partition coefficient (Wildman–Crippen LogP) is 5.71. The molecule has 37 heavy (non-hydrogen) atoms. The molecule has 3 rings (SSSR count). The van der Waals surface area contributed by atoms with Crippen molar-refractivity contribution < 1.29 is 54.1 Å². The molecular weight excluding hydrogens is 525 g/mol. The van der Waals surface area contributed by atoms with Gasteiger partial charge in [-0.05, 0) is 29.8 Å². The van der Waals surface area contributed by atoms with Crippen molar-refractivity contribution in [3.63, 3.8) is 0 Å². The van der Waals surface area contributed by atoms with E-state index in [0.717, 1.165) is 53.6 Å². The summed E-state index contributed by atoms with van der Waals surface area (Å²) in [6, 6.07) is 8.27. The molecule has 0 saturated heterocycles. The number of hydrogen-bond donors (Lipinski definition) is 1. The summed E-state index contributed by atoms with van der Waals surface area (Å²) in [5, 5.41) is 9.58. The fourth-order valence-corrected chi connectivity index (χ4v) is 2.88. The first-order chi connectivity index (χ1) is 17.3. The summed E-state index contributed by atoms with van der Waals surface area (Å²) >= 11 is 0. The first-order valence-electron chi connectivity index (χ1n) is 10.1. The van der Waals surface area contributed by atoms with Crippen molar-refractivity contribution in [1.29, 1.82) is 0 Å². The molecule has 0 fully saturated rings. The highest BCUT2D eigenvalue weighted by atomic mass is 19.4. The molecule has 0 radical (unpaired) electrons. The molecule has 6 nitrogen and oxygen atoms in total. The molecule has 1 aromatic heterocycles. The summed E-state index contributed by atoms with van der Waals surface area (Å²) in [6.45, 7) is -1.71. The van der Waals surface area contributed by atoms with Crippen LogP contribution in [-0.2, 0) is 6.54 Å². The molecule has 1 N–H and O–H groups in total. The van der Waals surface area contributed by atoms with Crippen LogP contribution in [0.2, 0.25) is 0 Å². The summed E-state index contributed by atoms with van der Waals surface area (Å²) in [5.74, 6) is -4.78. The van der Waals surface area contributed by atoms with Crippen molar-refractivity contribution in [2.75, 3.05) is 11.4 Å². The minimum Gasteiger partial charge on any atom is -0.436 e. The number of aliphatic hydroxyl groups excluding tert-OH is 1. The number of alkyl halides is 7. The van der Waals surface area contributed by atoms with Crippen molar-refractivity contribution in [3.8, 4) is 17.4 Å². The van der Waals surface area contributed by atoms with Crippen LogP contribution in [0.15, 0.2) is 54.7 Å². The van der Waals surface area contributed by atoms with Crippen molar-refractivity contribution in [2.24, 2.45) is 0 Å². The molecule has 1 atom stereocenters. The van der Waals surface area contributed by atoms with Gasteiger partial charge in [-0.3, -0.25) is 0 Å². The highest BCUT2D eigenvalue weighted by Gasteiger charge is 2.44. The Morgan fingerprint density at radius 2 is 1.68 bits per heavy atom. The van der Waals surface area contributed by atoms with Gasteiger partial charge in [0.15, 0.2) is 17.7 Å². The lowest BCUT2D eigenvalue weighted by molar-refractivity contribution is -0.253. The Labute approximate surface area is 202 Å². The molecule has 0 bridgehead atoms. The SMILES string of the molecule is OC(CN(Cc1cccc(OC(F)(F)C(F)F)c1)c1nccc(Oc2cccc(F)c2F)n1)C(F)(F)F. The van der Waals surface area contributed by atoms with E-state index in [0.29, 0.717) is 0 Å². The Kier molecular flexibility index (Phi) is 8.35. The smallest absolute Gasteiger partial charge is 0.436 e. The van der Waals surface area contributed by atoms with Gasteiger partial charge in [-0.15, -0.1) is 0 Å². The number of benzene rings is 2. The van der Waals surface area contributed by atoms with Crippen LogP contribution >= 0.6 is 0 Å². The van der Waals surface area contributed by atoms with Crippen LogP contribution in [0, 0.1) is 11.6 Å². The maximum absolute atomic E-state index is 13.9. The number of aliphatic hydroxyl groups is 1. The fraction of sp³-hybridized carbons (Fsp3) is 0.273. The van der Waals surface area contributed by atoms with Crippen LogP contribution in [0.1, 0.15) is 5.56 Å². The van der Waals surface area contributed by atoms with E-state index in [2.05, 4.69) is 14.7 Å². The second-order valence-electron chi connectivity index (χ2n) is 7.40. The van der Waals surface area contributed by atoms with Crippen molar-refractivity contribution in [2.45, 2.75) is 31.4 Å². The zero-order chi connectivity index (χ0) is 27.4. The first kappa shape index (κ1) is 27.8. The Morgan fingerprint density at radius 3 is 2.35 bits per heavy atom. The lowest BCUT2D eigenvalue weighted by Crippen LogP contribution is -2.41. The van der Waals surface area contributed by atoms with E-state index in [9.17, 15) is 44.6 Å². The molecule has 0 aliphatic carbocycles. The molecule has 0 spiro atoms. The third-order valence-electron chi connectivity index (χ3n) is 4.58. The van der Waals surface area contributed by atoms with Crippen molar-refractivity contribution in [3.05, 3.63) is 71.9 Å². The monoisotopic (exact) mass is 541 g/mol. The van der Waals surface area contributed by atoms with Gasteiger partial charge < -0.3 is 19.5 Å². The van der Waals surface area contributed by atoms with E-state index in [1.54, 1.807) is 0 Å². The third-order valence-corrected chi connectivity index (χ3v) is 4.58. The molecule has 200 valence electrons. The largest absolute Gasteiger partial charge is 0.461 e. The number of anilines is 1. The number of ether oxygens (including phenoxy) is 2. The van der Waals surface area contributed by atoms with Crippen molar-refractivity contribution >= 4 is 5.95 Å². The molecular formula is C22H16F9N3O3. The highest BCUT2D eigenvalue weighted by Crippen LogP contribution is 2.30. The standard InChI is InChI=1S/C22H16F9N3O3/c23-14-5-2-6-15(18(14)24)36-17-7-8-32-20(33-17)34(11-16(35)21(27,28)29)10-12-3-1-4-13(9-12)37-22(30,31)19(25)26/h1-9,16,19,35H,10-11H2. The highest BCUT2D eigenvalue weighted by molar-refractivity contribution is 5.38. The lowest BCUT2D eigenvalue weighted by Gasteiger charge is -2.27. The average Bonchev–Trinajstić information content (AvgIpc) is 2.81. The van der Waals surface area contributed by atoms with Gasteiger partial charge in [-0.2, -0.15) is 40.1 Å². The maximum atomic E-state index is 13.9. The molecule has 15 heteroatoms. The Balaban J connectivity index is 1.90. The summed E-state index contributed by atoms with van der Waals surface area (Å²) in [7, 11) is 0. The summed E-state index contributed by atoms with van der Waals surface area (Å²) in [6.07, 6.45) is -15.9. The number of rotatable bonds is 10.